The maximum atomic E-state index is 11.3. The lowest BCUT2D eigenvalue weighted by Crippen LogP contribution is -2.48. The molecule has 1 rings (SSSR count). The average Bonchev–Trinajstić information content (AvgIpc) is 2.40. The molecule has 1 heterocycles. The SMILES string of the molecule is CCC(=O)CN1CCN(CCOCCOC)CC1. The molecule has 0 aliphatic carbocycles. The Balaban J connectivity index is 2.03. The van der Waals surface area contributed by atoms with Crippen molar-refractivity contribution in [2.45, 2.75) is 13.3 Å². The second-order valence-electron chi connectivity index (χ2n) is 4.62. The number of Topliss-reactive ketones (excluding diaryl/α,β-unsaturated/α-hetero) is 1. The van der Waals surface area contributed by atoms with Gasteiger partial charge in [0.1, 0.15) is 5.78 Å². The molecule has 106 valence electrons. The van der Waals surface area contributed by atoms with E-state index in [0.717, 1.165) is 39.3 Å². The summed E-state index contributed by atoms with van der Waals surface area (Å²) in [5.41, 5.74) is 0. The highest BCUT2D eigenvalue weighted by molar-refractivity contribution is 5.80. The molecule has 0 aromatic heterocycles. The van der Waals surface area contributed by atoms with Crippen LogP contribution in [0.3, 0.4) is 0 Å². The van der Waals surface area contributed by atoms with Crippen LogP contribution in [0.1, 0.15) is 13.3 Å². The number of hydrogen-bond donors (Lipinski definition) is 0. The average molecular weight is 258 g/mol. The molecular formula is C13H26N2O3. The lowest BCUT2D eigenvalue weighted by atomic mass is 10.2. The molecule has 0 aromatic carbocycles. The molecule has 0 saturated carbocycles. The molecule has 0 bridgehead atoms. The third-order valence-electron chi connectivity index (χ3n) is 3.24. The first-order valence-corrected chi connectivity index (χ1v) is 6.79. The van der Waals surface area contributed by atoms with E-state index >= 15 is 0 Å². The van der Waals surface area contributed by atoms with E-state index in [1.807, 2.05) is 6.92 Å². The van der Waals surface area contributed by atoms with Crippen LogP contribution in [0.5, 0.6) is 0 Å². The number of ether oxygens (including phenoxy) is 2. The Bertz CT molecular complexity index is 228. The van der Waals surface area contributed by atoms with E-state index in [1.54, 1.807) is 7.11 Å². The smallest absolute Gasteiger partial charge is 0.146 e. The van der Waals surface area contributed by atoms with E-state index in [9.17, 15) is 4.79 Å². The zero-order valence-corrected chi connectivity index (χ0v) is 11.7. The molecule has 0 aromatic rings. The van der Waals surface area contributed by atoms with Crippen molar-refractivity contribution in [1.29, 1.82) is 0 Å². The molecule has 0 N–H and O–H groups in total. The molecule has 0 amide bonds. The highest BCUT2D eigenvalue weighted by Crippen LogP contribution is 2.02. The third kappa shape index (κ3) is 6.44. The zero-order valence-electron chi connectivity index (χ0n) is 11.7. The molecule has 5 heteroatoms. The Hall–Kier alpha value is -0.490. The summed E-state index contributed by atoms with van der Waals surface area (Å²) in [6, 6.07) is 0. The Kier molecular flexibility index (Phi) is 8.17. The van der Waals surface area contributed by atoms with Gasteiger partial charge < -0.3 is 9.47 Å². The van der Waals surface area contributed by atoms with Gasteiger partial charge in [-0.2, -0.15) is 0 Å². The Morgan fingerprint density at radius 2 is 1.72 bits per heavy atom. The summed E-state index contributed by atoms with van der Waals surface area (Å²) in [6.07, 6.45) is 0.646. The van der Waals surface area contributed by atoms with Crippen LogP contribution in [-0.4, -0.2) is 81.8 Å². The van der Waals surface area contributed by atoms with Crippen molar-refractivity contribution in [2.75, 3.05) is 66.2 Å². The summed E-state index contributed by atoms with van der Waals surface area (Å²) in [5.74, 6) is 0.339. The third-order valence-corrected chi connectivity index (χ3v) is 3.24. The highest BCUT2D eigenvalue weighted by Gasteiger charge is 2.17. The largest absolute Gasteiger partial charge is 0.382 e. The number of ketones is 1. The first-order valence-electron chi connectivity index (χ1n) is 6.79. The lowest BCUT2D eigenvalue weighted by Gasteiger charge is -2.34. The van der Waals surface area contributed by atoms with E-state index < -0.39 is 0 Å². The molecule has 0 atom stereocenters. The van der Waals surface area contributed by atoms with Crippen molar-refractivity contribution in [3.63, 3.8) is 0 Å². The van der Waals surface area contributed by atoms with Gasteiger partial charge in [0.25, 0.3) is 0 Å². The first-order chi connectivity index (χ1) is 8.76. The van der Waals surface area contributed by atoms with E-state index in [1.165, 1.54) is 0 Å². The number of hydrogen-bond acceptors (Lipinski definition) is 5. The predicted molar refractivity (Wildman–Crippen MR) is 70.9 cm³/mol. The molecule has 0 radical (unpaired) electrons. The molecule has 0 spiro atoms. The standard InChI is InChI=1S/C13H26N2O3/c1-3-13(16)12-15-6-4-14(5-7-15)8-9-18-11-10-17-2/h3-12H2,1-2H3. The van der Waals surface area contributed by atoms with Crippen molar-refractivity contribution < 1.29 is 14.3 Å². The molecule has 1 fully saturated rings. The highest BCUT2D eigenvalue weighted by atomic mass is 16.5. The normalized spacial score (nSPS) is 18.1. The van der Waals surface area contributed by atoms with Crippen LogP contribution in [-0.2, 0) is 14.3 Å². The molecule has 0 unspecified atom stereocenters. The second-order valence-corrected chi connectivity index (χ2v) is 4.62. The Morgan fingerprint density at radius 1 is 1.06 bits per heavy atom. The van der Waals surface area contributed by atoms with Crippen LogP contribution in [0.15, 0.2) is 0 Å². The topological polar surface area (TPSA) is 42.0 Å². The van der Waals surface area contributed by atoms with Gasteiger partial charge in [-0.15, -0.1) is 0 Å². The van der Waals surface area contributed by atoms with Crippen molar-refractivity contribution in [2.24, 2.45) is 0 Å². The van der Waals surface area contributed by atoms with Gasteiger partial charge in [0.2, 0.25) is 0 Å². The van der Waals surface area contributed by atoms with Gasteiger partial charge in [0, 0.05) is 46.3 Å². The second kappa shape index (κ2) is 9.44. The van der Waals surface area contributed by atoms with Crippen molar-refractivity contribution in [1.82, 2.24) is 9.80 Å². The maximum absolute atomic E-state index is 11.3. The maximum Gasteiger partial charge on any atom is 0.146 e. The number of rotatable bonds is 9. The van der Waals surface area contributed by atoms with Crippen molar-refractivity contribution in [3.05, 3.63) is 0 Å². The minimum Gasteiger partial charge on any atom is -0.382 e. The van der Waals surface area contributed by atoms with Crippen LogP contribution in [0, 0.1) is 0 Å². The molecule has 1 saturated heterocycles. The number of methoxy groups -OCH3 is 1. The molecule has 1 aliphatic rings. The van der Waals surface area contributed by atoms with Crippen molar-refractivity contribution >= 4 is 5.78 Å². The van der Waals surface area contributed by atoms with E-state index in [2.05, 4.69) is 9.80 Å². The number of carbonyl (C=O) groups excluding carboxylic acids is 1. The number of carbonyl (C=O) groups is 1. The predicted octanol–water partition coefficient (Wildman–Crippen LogP) is 0.246. The minimum atomic E-state index is 0.339. The summed E-state index contributed by atoms with van der Waals surface area (Å²) in [7, 11) is 1.68. The van der Waals surface area contributed by atoms with Crippen LogP contribution >= 0.6 is 0 Å². The molecule has 18 heavy (non-hydrogen) atoms. The van der Waals surface area contributed by atoms with Gasteiger partial charge in [-0.05, 0) is 0 Å². The Morgan fingerprint density at radius 3 is 2.33 bits per heavy atom. The van der Waals surface area contributed by atoms with E-state index in [-0.39, 0.29) is 0 Å². The summed E-state index contributed by atoms with van der Waals surface area (Å²) < 4.78 is 10.4. The first kappa shape index (κ1) is 15.6. The molecule has 5 nitrogen and oxygen atoms in total. The lowest BCUT2D eigenvalue weighted by molar-refractivity contribution is -0.120. The molecule has 1 aliphatic heterocycles. The van der Waals surface area contributed by atoms with Crippen LogP contribution < -0.4 is 0 Å². The van der Waals surface area contributed by atoms with Gasteiger partial charge in [-0.25, -0.2) is 0 Å². The van der Waals surface area contributed by atoms with Gasteiger partial charge in [-0.1, -0.05) is 6.92 Å². The Labute approximate surface area is 110 Å². The minimum absolute atomic E-state index is 0.339. The number of nitrogens with zero attached hydrogens (tertiary/aromatic N) is 2. The van der Waals surface area contributed by atoms with Gasteiger partial charge >= 0.3 is 0 Å². The summed E-state index contributed by atoms with van der Waals surface area (Å²) in [4.78, 5) is 16.0. The van der Waals surface area contributed by atoms with E-state index in [0.29, 0.717) is 32.0 Å². The summed E-state index contributed by atoms with van der Waals surface area (Å²) >= 11 is 0. The number of piperazine rings is 1. The van der Waals surface area contributed by atoms with Crippen LogP contribution in [0.4, 0.5) is 0 Å². The van der Waals surface area contributed by atoms with Crippen LogP contribution in [0.2, 0.25) is 0 Å². The van der Waals surface area contributed by atoms with Gasteiger partial charge in [0.15, 0.2) is 0 Å². The van der Waals surface area contributed by atoms with Crippen LogP contribution in [0.25, 0.3) is 0 Å². The van der Waals surface area contributed by atoms with Gasteiger partial charge in [-0.3, -0.25) is 14.6 Å². The summed E-state index contributed by atoms with van der Waals surface area (Å²) in [6.45, 7) is 9.65. The quantitative estimate of drug-likeness (QED) is 0.554. The van der Waals surface area contributed by atoms with Gasteiger partial charge in [0.05, 0.1) is 26.4 Å². The molecular weight excluding hydrogens is 232 g/mol. The zero-order chi connectivity index (χ0) is 13.2. The summed E-state index contributed by atoms with van der Waals surface area (Å²) in [5, 5.41) is 0. The fourth-order valence-electron chi connectivity index (χ4n) is 1.97. The fourth-order valence-corrected chi connectivity index (χ4v) is 1.97. The van der Waals surface area contributed by atoms with Crippen molar-refractivity contribution in [3.8, 4) is 0 Å². The van der Waals surface area contributed by atoms with E-state index in [4.69, 9.17) is 9.47 Å². The monoisotopic (exact) mass is 258 g/mol. The fraction of sp³-hybridized carbons (Fsp3) is 0.923.